The van der Waals surface area contributed by atoms with Gasteiger partial charge < -0.3 is 14.4 Å². The molecule has 6 heteroatoms. The van der Waals surface area contributed by atoms with Crippen LogP contribution in [0.5, 0.6) is 5.75 Å². The van der Waals surface area contributed by atoms with Crippen LogP contribution in [0.4, 0.5) is 0 Å². The normalized spacial score (nSPS) is 12.0. The Labute approximate surface area is 179 Å². The van der Waals surface area contributed by atoms with Crippen molar-refractivity contribution in [1.29, 1.82) is 0 Å². The van der Waals surface area contributed by atoms with E-state index in [0.29, 0.717) is 45.8 Å². The Morgan fingerprint density at radius 1 is 1.23 bits per heavy atom. The Morgan fingerprint density at radius 2 is 1.97 bits per heavy atom. The summed E-state index contributed by atoms with van der Waals surface area (Å²) >= 11 is 1.50. The first kappa shape index (κ1) is 20.6. The number of thiazole rings is 1. The Balaban J connectivity index is 2.11. The summed E-state index contributed by atoms with van der Waals surface area (Å²) in [6.45, 7) is 6.47. The molecule has 1 N–H and O–H groups in total. The third-order valence-electron chi connectivity index (χ3n) is 5.24. The standard InChI is InChI=1S/C24H26N2O3S/c1-6-14-11-15-21(28)19(24-25-17-9-7-8-10-18(17)30-24)22(13(2)3)29-23(15)16(20(14)27)12-26(4)5/h7-11,13,27H,6,12H2,1-5H3. The van der Waals surface area contributed by atoms with Crippen LogP contribution in [0.15, 0.2) is 39.5 Å². The molecule has 2 heterocycles. The number of aryl methyl sites for hydroxylation is 1. The minimum atomic E-state index is -0.0892. The molecule has 4 rings (SSSR count). The predicted octanol–water partition coefficient (Wildman–Crippen LogP) is 5.52. The number of hydrogen-bond donors (Lipinski definition) is 1. The van der Waals surface area contributed by atoms with Gasteiger partial charge in [0.2, 0.25) is 5.43 Å². The van der Waals surface area contributed by atoms with Gasteiger partial charge in [-0.3, -0.25) is 4.79 Å². The first-order chi connectivity index (χ1) is 14.3. The lowest BCUT2D eigenvalue weighted by atomic mass is 9.98. The highest BCUT2D eigenvalue weighted by atomic mass is 32.1. The van der Waals surface area contributed by atoms with Crippen molar-refractivity contribution >= 4 is 32.5 Å². The maximum Gasteiger partial charge on any atom is 0.203 e. The van der Waals surface area contributed by atoms with Gasteiger partial charge in [0, 0.05) is 12.5 Å². The second-order valence-electron chi connectivity index (χ2n) is 8.14. The van der Waals surface area contributed by atoms with Crippen LogP contribution in [0, 0.1) is 0 Å². The highest BCUT2D eigenvalue weighted by Crippen LogP contribution is 2.38. The molecule has 0 atom stereocenters. The summed E-state index contributed by atoms with van der Waals surface area (Å²) in [5, 5.41) is 12.0. The van der Waals surface area contributed by atoms with Crippen molar-refractivity contribution in [2.45, 2.75) is 39.7 Å². The summed E-state index contributed by atoms with van der Waals surface area (Å²) in [4.78, 5) is 20.4. The fourth-order valence-electron chi connectivity index (χ4n) is 3.79. The van der Waals surface area contributed by atoms with Crippen molar-refractivity contribution in [2.24, 2.45) is 0 Å². The number of benzene rings is 2. The van der Waals surface area contributed by atoms with E-state index in [0.717, 1.165) is 15.8 Å². The lowest BCUT2D eigenvalue weighted by Crippen LogP contribution is -2.15. The second kappa shape index (κ2) is 7.85. The van der Waals surface area contributed by atoms with Gasteiger partial charge in [0.05, 0.1) is 26.7 Å². The zero-order valence-electron chi connectivity index (χ0n) is 17.9. The Kier molecular flexibility index (Phi) is 5.38. The summed E-state index contributed by atoms with van der Waals surface area (Å²) in [6.07, 6.45) is 0.629. The third-order valence-corrected chi connectivity index (χ3v) is 6.30. The van der Waals surface area contributed by atoms with E-state index in [4.69, 9.17) is 9.40 Å². The molecule has 0 aliphatic rings. The van der Waals surface area contributed by atoms with E-state index < -0.39 is 0 Å². The molecule has 0 aliphatic carbocycles. The van der Waals surface area contributed by atoms with E-state index in [9.17, 15) is 9.90 Å². The smallest absolute Gasteiger partial charge is 0.203 e. The predicted molar refractivity (Wildman–Crippen MR) is 124 cm³/mol. The summed E-state index contributed by atoms with van der Waals surface area (Å²) in [5.74, 6) is 0.809. The number of phenols is 1. The van der Waals surface area contributed by atoms with Gasteiger partial charge in [-0.05, 0) is 44.3 Å². The zero-order valence-corrected chi connectivity index (χ0v) is 18.8. The van der Waals surface area contributed by atoms with Crippen LogP contribution >= 0.6 is 11.3 Å². The average Bonchev–Trinajstić information content (AvgIpc) is 3.13. The maximum atomic E-state index is 13.8. The van der Waals surface area contributed by atoms with Gasteiger partial charge >= 0.3 is 0 Å². The monoisotopic (exact) mass is 422 g/mol. The second-order valence-corrected chi connectivity index (χ2v) is 9.17. The number of aromatic nitrogens is 1. The van der Waals surface area contributed by atoms with Crippen molar-refractivity contribution in [3.8, 4) is 16.3 Å². The topological polar surface area (TPSA) is 66.6 Å². The molecule has 0 unspecified atom stereocenters. The first-order valence-corrected chi connectivity index (χ1v) is 11.0. The van der Waals surface area contributed by atoms with E-state index >= 15 is 0 Å². The highest BCUT2D eigenvalue weighted by molar-refractivity contribution is 7.21. The Morgan fingerprint density at radius 3 is 2.60 bits per heavy atom. The van der Waals surface area contributed by atoms with E-state index in [1.807, 2.05) is 64.0 Å². The molecule has 0 fully saturated rings. The van der Waals surface area contributed by atoms with Gasteiger partial charge in [-0.1, -0.05) is 32.9 Å². The van der Waals surface area contributed by atoms with Crippen LogP contribution in [0.2, 0.25) is 0 Å². The molecular weight excluding hydrogens is 396 g/mol. The van der Waals surface area contributed by atoms with Gasteiger partial charge in [-0.25, -0.2) is 4.98 Å². The molecule has 2 aromatic carbocycles. The third kappa shape index (κ3) is 3.40. The van der Waals surface area contributed by atoms with Gasteiger partial charge in [-0.2, -0.15) is 0 Å². The molecule has 156 valence electrons. The minimum Gasteiger partial charge on any atom is -0.507 e. The largest absolute Gasteiger partial charge is 0.507 e. The summed E-state index contributed by atoms with van der Waals surface area (Å²) < 4.78 is 7.41. The first-order valence-electron chi connectivity index (χ1n) is 10.2. The van der Waals surface area contributed by atoms with Crippen LogP contribution in [-0.4, -0.2) is 29.1 Å². The van der Waals surface area contributed by atoms with Crippen molar-refractivity contribution in [3.63, 3.8) is 0 Å². The number of aromatic hydroxyl groups is 1. The van der Waals surface area contributed by atoms with Crippen molar-refractivity contribution in [1.82, 2.24) is 9.88 Å². The molecule has 0 spiro atoms. The lowest BCUT2D eigenvalue weighted by molar-refractivity contribution is 0.381. The van der Waals surface area contributed by atoms with Gasteiger partial charge in [0.25, 0.3) is 0 Å². The summed E-state index contributed by atoms with van der Waals surface area (Å²) in [7, 11) is 3.86. The van der Waals surface area contributed by atoms with Crippen molar-refractivity contribution in [2.75, 3.05) is 14.1 Å². The molecule has 2 aromatic heterocycles. The fourth-order valence-corrected chi connectivity index (χ4v) is 4.80. The van der Waals surface area contributed by atoms with Crippen LogP contribution in [-0.2, 0) is 13.0 Å². The quantitative estimate of drug-likeness (QED) is 0.458. The molecule has 0 saturated heterocycles. The molecule has 4 aromatic rings. The number of nitrogens with zero attached hydrogens (tertiary/aromatic N) is 2. The lowest BCUT2D eigenvalue weighted by Gasteiger charge is -2.18. The molecule has 0 bridgehead atoms. The van der Waals surface area contributed by atoms with Crippen molar-refractivity contribution < 1.29 is 9.52 Å². The number of rotatable bonds is 5. The molecular formula is C24H26N2O3S. The van der Waals surface area contributed by atoms with Crippen LogP contribution < -0.4 is 5.43 Å². The summed E-state index contributed by atoms with van der Waals surface area (Å²) in [6, 6.07) is 9.66. The number of hydrogen-bond acceptors (Lipinski definition) is 6. The fraction of sp³-hybridized carbons (Fsp3) is 0.333. The van der Waals surface area contributed by atoms with Gasteiger partial charge in [-0.15, -0.1) is 11.3 Å². The number of para-hydroxylation sites is 1. The average molecular weight is 423 g/mol. The molecule has 30 heavy (non-hydrogen) atoms. The van der Waals surface area contributed by atoms with Crippen LogP contribution in [0.3, 0.4) is 0 Å². The maximum absolute atomic E-state index is 13.8. The molecule has 0 amide bonds. The van der Waals surface area contributed by atoms with Gasteiger partial charge in [0.15, 0.2) is 0 Å². The SMILES string of the molecule is CCc1cc2c(=O)c(-c3nc4ccccc4s3)c(C(C)C)oc2c(CN(C)C)c1O. The highest BCUT2D eigenvalue weighted by Gasteiger charge is 2.25. The molecule has 0 saturated carbocycles. The van der Waals surface area contributed by atoms with E-state index in [2.05, 4.69) is 0 Å². The van der Waals surface area contributed by atoms with Crippen LogP contribution in [0.1, 0.15) is 43.6 Å². The molecule has 0 radical (unpaired) electrons. The Hall–Kier alpha value is -2.70. The van der Waals surface area contributed by atoms with Gasteiger partial charge in [0.1, 0.15) is 22.1 Å². The minimum absolute atomic E-state index is 0.00990. The molecule has 0 aliphatic heterocycles. The summed E-state index contributed by atoms with van der Waals surface area (Å²) in [5.41, 5.74) is 3.19. The van der Waals surface area contributed by atoms with E-state index in [-0.39, 0.29) is 17.1 Å². The van der Waals surface area contributed by atoms with E-state index in [1.165, 1.54) is 11.3 Å². The van der Waals surface area contributed by atoms with Crippen LogP contribution in [0.25, 0.3) is 31.8 Å². The van der Waals surface area contributed by atoms with Crippen molar-refractivity contribution in [3.05, 3.63) is 57.4 Å². The Bertz CT molecular complexity index is 1270. The molecule has 5 nitrogen and oxygen atoms in total. The number of fused-ring (bicyclic) bond motifs is 2. The number of phenolic OH excluding ortho intramolecular Hbond substituents is 1. The zero-order chi connectivity index (χ0) is 21.6. The van der Waals surface area contributed by atoms with E-state index in [1.54, 1.807) is 6.07 Å².